The number of hydrogen-bond donors (Lipinski definition) is 1. The summed E-state index contributed by atoms with van der Waals surface area (Å²) in [6.45, 7) is 9.50. The lowest BCUT2D eigenvalue weighted by Crippen LogP contribution is -2.31. The molecule has 0 aromatic rings. The minimum Gasteiger partial charge on any atom is -0.316 e. The summed E-state index contributed by atoms with van der Waals surface area (Å²) < 4.78 is 0. The highest BCUT2D eigenvalue weighted by Gasteiger charge is 2.24. The van der Waals surface area contributed by atoms with Gasteiger partial charge in [0.25, 0.3) is 0 Å². The standard InChI is InChI=1S/C12H25N/c1-4-7-13-9-12-6-5-10(2)8-11(12)3/h10-13H,4-9H2,1-3H3. The smallest absolute Gasteiger partial charge is 0.00180 e. The average molecular weight is 183 g/mol. The Kier molecular flexibility index (Phi) is 4.79. The summed E-state index contributed by atoms with van der Waals surface area (Å²) in [6, 6.07) is 0. The number of rotatable bonds is 4. The van der Waals surface area contributed by atoms with Crippen LogP contribution in [0.1, 0.15) is 46.5 Å². The fraction of sp³-hybridized carbons (Fsp3) is 1.00. The third-order valence-electron chi connectivity index (χ3n) is 3.44. The molecule has 1 nitrogen and oxygen atoms in total. The quantitative estimate of drug-likeness (QED) is 0.661. The van der Waals surface area contributed by atoms with Crippen molar-refractivity contribution in [3.05, 3.63) is 0 Å². The maximum atomic E-state index is 3.55. The molecule has 1 fully saturated rings. The van der Waals surface area contributed by atoms with Crippen molar-refractivity contribution in [1.29, 1.82) is 0 Å². The molecule has 0 heterocycles. The Morgan fingerprint density at radius 1 is 1.23 bits per heavy atom. The van der Waals surface area contributed by atoms with Crippen LogP contribution in [0.3, 0.4) is 0 Å². The van der Waals surface area contributed by atoms with Gasteiger partial charge >= 0.3 is 0 Å². The molecule has 0 aliphatic heterocycles. The third kappa shape index (κ3) is 3.68. The van der Waals surface area contributed by atoms with Crippen LogP contribution in [0.5, 0.6) is 0 Å². The van der Waals surface area contributed by atoms with E-state index < -0.39 is 0 Å². The van der Waals surface area contributed by atoms with Gasteiger partial charge in [-0.25, -0.2) is 0 Å². The Morgan fingerprint density at radius 2 is 2.00 bits per heavy atom. The van der Waals surface area contributed by atoms with E-state index in [0.717, 1.165) is 17.8 Å². The van der Waals surface area contributed by atoms with Crippen LogP contribution in [-0.4, -0.2) is 13.1 Å². The maximum absolute atomic E-state index is 3.55. The summed E-state index contributed by atoms with van der Waals surface area (Å²) >= 11 is 0. The van der Waals surface area contributed by atoms with Crippen molar-refractivity contribution in [2.24, 2.45) is 17.8 Å². The first-order valence-electron chi connectivity index (χ1n) is 5.94. The zero-order chi connectivity index (χ0) is 9.68. The maximum Gasteiger partial charge on any atom is -0.00180 e. The molecule has 0 bridgehead atoms. The van der Waals surface area contributed by atoms with Crippen LogP contribution in [-0.2, 0) is 0 Å². The van der Waals surface area contributed by atoms with Crippen LogP contribution in [0.4, 0.5) is 0 Å². The van der Waals surface area contributed by atoms with Gasteiger partial charge in [-0.1, -0.05) is 27.2 Å². The molecule has 3 atom stereocenters. The van der Waals surface area contributed by atoms with Crippen molar-refractivity contribution in [2.45, 2.75) is 46.5 Å². The summed E-state index contributed by atoms with van der Waals surface area (Å²) in [6.07, 6.45) is 5.60. The Labute approximate surface area is 83.3 Å². The molecule has 0 amide bonds. The van der Waals surface area contributed by atoms with Crippen LogP contribution in [0.15, 0.2) is 0 Å². The summed E-state index contributed by atoms with van der Waals surface area (Å²) in [4.78, 5) is 0. The molecule has 0 aromatic carbocycles. The topological polar surface area (TPSA) is 12.0 Å². The number of hydrogen-bond acceptors (Lipinski definition) is 1. The fourth-order valence-electron chi connectivity index (χ4n) is 2.50. The second-order valence-electron chi connectivity index (χ2n) is 4.86. The van der Waals surface area contributed by atoms with E-state index in [1.54, 1.807) is 0 Å². The molecule has 1 rings (SSSR count). The van der Waals surface area contributed by atoms with Crippen molar-refractivity contribution in [3.63, 3.8) is 0 Å². The lowest BCUT2D eigenvalue weighted by molar-refractivity contribution is 0.200. The van der Waals surface area contributed by atoms with Gasteiger partial charge < -0.3 is 5.32 Å². The first-order chi connectivity index (χ1) is 6.24. The van der Waals surface area contributed by atoms with E-state index in [2.05, 4.69) is 26.1 Å². The van der Waals surface area contributed by atoms with Gasteiger partial charge in [-0.05, 0) is 50.1 Å². The molecule has 0 aromatic heterocycles. The van der Waals surface area contributed by atoms with Crippen LogP contribution < -0.4 is 5.32 Å². The largest absolute Gasteiger partial charge is 0.316 e. The van der Waals surface area contributed by atoms with Gasteiger partial charge in [-0.15, -0.1) is 0 Å². The van der Waals surface area contributed by atoms with E-state index in [4.69, 9.17) is 0 Å². The molecule has 0 saturated heterocycles. The normalized spacial score (nSPS) is 34.8. The molecule has 78 valence electrons. The lowest BCUT2D eigenvalue weighted by Gasteiger charge is -2.32. The van der Waals surface area contributed by atoms with E-state index in [-0.39, 0.29) is 0 Å². The Bertz CT molecular complexity index is 133. The van der Waals surface area contributed by atoms with Crippen LogP contribution in [0, 0.1) is 17.8 Å². The van der Waals surface area contributed by atoms with Crippen LogP contribution in [0.2, 0.25) is 0 Å². The van der Waals surface area contributed by atoms with Crippen LogP contribution in [0.25, 0.3) is 0 Å². The van der Waals surface area contributed by atoms with E-state index in [1.807, 2.05) is 0 Å². The number of nitrogens with one attached hydrogen (secondary N) is 1. The summed E-state index contributed by atoms with van der Waals surface area (Å²) in [5.74, 6) is 2.85. The second-order valence-corrected chi connectivity index (χ2v) is 4.86. The predicted molar refractivity (Wildman–Crippen MR) is 58.8 cm³/mol. The Balaban J connectivity index is 2.18. The van der Waals surface area contributed by atoms with Gasteiger partial charge in [0.1, 0.15) is 0 Å². The molecule has 1 N–H and O–H groups in total. The van der Waals surface area contributed by atoms with E-state index in [1.165, 1.54) is 38.8 Å². The first-order valence-corrected chi connectivity index (χ1v) is 5.94. The minimum atomic E-state index is 0.938. The molecule has 1 aliphatic rings. The summed E-state index contributed by atoms with van der Waals surface area (Å²) in [5.41, 5.74) is 0. The third-order valence-corrected chi connectivity index (χ3v) is 3.44. The van der Waals surface area contributed by atoms with Gasteiger partial charge in [-0.2, -0.15) is 0 Å². The summed E-state index contributed by atoms with van der Waals surface area (Å²) in [7, 11) is 0. The molecule has 0 spiro atoms. The van der Waals surface area contributed by atoms with Gasteiger partial charge in [0.2, 0.25) is 0 Å². The van der Waals surface area contributed by atoms with E-state index in [9.17, 15) is 0 Å². The van der Waals surface area contributed by atoms with Crippen molar-refractivity contribution in [2.75, 3.05) is 13.1 Å². The van der Waals surface area contributed by atoms with E-state index >= 15 is 0 Å². The fourth-order valence-corrected chi connectivity index (χ4v) is 2.50. The highest BCUT2D eigenvalue weighted by molar-refractivity contribution is 4.77. The average Bonchev–Trinajstić information content (AvgIpc) is 2.09. The highest BCUT2D eigenvalue weighted by Crippen LogP contribution is 2.32. The second kappa shape index (κ2) is 5.64. The molecule has 1 heteroatoms. The zero-order valence-electron chi connectivity index (χ0n) is 9.47. The van der Waals surface area contributed by atoms with Crippen molar-refractivity contribution in [3.8, 4) is 0 Å². The first kappa shape index (κ1) is 11.0. The van der Waals surface area contributed by atoms with Gasteiger partial charge in [0.05, 0.1) is 0 Å². The van der Waals surface area contributed by atoms with Crippen molar-refractivity contribution < 1.29 is 0 Å². The SMILES string of the molecule is CCCNCC1CCC(C)CC1C. The van der Waals surface area contributed by atoms with Gasteiger partial charge in [-0.3, -0.25) is 0 Å². The Hall–Kier alpha value is -0.0400. The van der Waals surface area contributed by atoms with Crippen molar-refractivity contribution >= 4 is 0 Å². The molecular formula is C12H25N. The lowest BCUT2D eigenvalue weighted by atomic mass is 9.75. The monoisotopic (exact) mass is 183 g/mol. The Morgan fingerprint density at radius 3 is 2.62 bits per heavy atom. The van der Waals surface area contributed by atoms with Gasteiger partial charge in [0.15, 0.2) is 0 Å². The molecule has 13 heavy (non-hydrogen) atoms. The molecule has 3 unspecified atom stereocenters. The molecule has 0 radical (unpaired) electrons. The molecule has 1 aliphatic carbocycles. The highest BCUT2D eigenvalue weighted by atomic mass is 14.9. The van der Waals surface area contributed by atoms with Crippen molar-refractivity contribution in [1.82, 2.24) is 5.32 Å². The van der Waals surface area contributed by atoms with Crippen LogP contribution >= 0.6 is 0 Å². The predicted octanol–water partition coefficient (Wildman–Crippen LogP) is 3.06. The summed E-state index contributed by atoms with van der Waals surface area (Å²) in [5, 5.41) is 3.55. The zero-order valence-corrected chi connectivity index (χ0v) is 9.47. The molecule has 1 saturated carbocycles. The minimum absolute atomic E-state index is 0.938. The molecular weight excluding hydrogens is 158 g/mol. The van der Waals surface area contributed by atoms with E-state index in [0.29, 0.717) is 0 Å². The van der Waals surface area contributed by atoms with Gasteiger partial charge in [0, 0.05) is 0 Å².